The van der Waals surface area contributed by atoms with Gasteiger partial charge in [-0.1, -0.05) is 34.7 Å². The molecule has 0 aromatic rings. The van der Waals surface area contributed by atoms with E-state index < -0.39 is 0 Å². The Morgan fingerprint density at radius 1 is 1.50 bits per heavy atom. The van der Waals surface area contributed by atoms with Crippen LogP contribution >= 0.6 is 22.6 Å². The summed E-state index contributed by atoms with van der Waals surface area (Å²) >= 11 is 2.29. The van der Waals surface area contributed by atoms with Gasteiger partial charge in [0.25, 0.3) is 0 Å². The smallest absolute Gasteiger partial charge is 0.305 e. The summed E-state index contributed by atoms with van der Waals surface area (Å²) < 4.78 is 5.82. The second kappa shape index (κ2) is 9.03. The van der Waals surface area contributed by atoms with E-state index in [1.54, 1.807) is 0 Å². The first kappa shape index (κ1) is 11.9. The van der Waals surface area contributed by atoms with Gasteiger partial charge in [0, 0.05) is 10.8 Å². The Kier molecular flexibility index (Phi) is 8.99. The van der Waals surface area contributed by atoms with Crippen LogP contribution in [0, 0.1) is 0 Å². The normalized spacial score (nSPS) is 10.5. The van der Waals surface area contributed by atoms with Gasteiger partial charge in [-0.15, -0.1) is 0 Å². The lowest BCUT2D eigenvalue weighted by Crippen LogP contribution is -2.02. The monoisotopic (exact) mass is 282 g/mol. The molecule has 0 N–H and O–H groups in total. The SMILES string of the molecule is CCOC(=O)CCC/C=C/CI. The second-order valence-electron chi connectivity index (χ2n) is 2.32. The van der Waals surface area contributed by atoms with Crippen LogP contribution in [0.1, 0.15) is 26.2 Å². The van der Waals surface area contributed by atoms with E-state index in [0.717, 1.165) is 17.3 Å². The van der Waals surface area contributed by atoms with Crippen molar-refractivity contribution in [3.63, 3.8) is 0 Å². The lowest BCUT2D eigenvalue weighted by atomic mass is 10.2. The van der Waals surface area contributed by atoms with Crippen molar-refractivity contribution in [3.05, 3.63) is 12.2 Å². The van der Waals surface area contributed by atoms with Gasteiger partial charge in [0.1, 0.15) is 0 Å². The van der Waals surface area contributed by atoms with E-state index in [9.17, 15) is 4.79 Å². The van der Waals surface area contributed by atoms with E-state index >= 15 is 0 Å². The summed E-state index contributed by atoms with van der Waals surface area (Å²) in [5.41, 5.74) is 0. The summed E-state index contributed by atoms with van der Waals surface area (Å²) in [4.78, 5) is 10.8. The molecule has 0 aromatic heterocycles. The highest BCUT2D eigenvalue weighted by atomic mass is 127. The second-order valence-corrected chi connectivity index (χ2v) is 3.20. The lowest BCUT2D eigenvalue weighted by molar-refractivity contribution is -0.143. The van der Waals surface area contributed by atoms with Crippen molar-refractivity contribution in [2.45, 2.75) is 26.2 Å². The van der Waals surface area contributed by atoms with Crippen LogP contribution in [0.25, 0.3) is 0 Å². The Hall–Kier alpha value is -0.0600. The van der Waals surface area contributed by atoms with E-state index in [-0.39, 0.29) is 5.97 Å². The zero-order valence-electron chi connectivity index (χ0n) is 7.38. The largest absolute Gasteiger partial charge is 0.466 e. The third-order valence-corrected chi connectivity index (χ3v) is 1.82. The predicted molar refractivity (Wildman–Crippen MR) is 58.5 cm³/mol. The molecule has 0 heterocycles. The zero-order chi connectivity index (χ0) is 9.23. The van der Waals surface area contributed by atoms with Gasteiger partial charge in [0.05, 0.1) is 6.61 Å². The first-order valence-corrected chi connectivity index (χ1v) is 5.70. The number of halogens is 1. The molecule has 0 fully saturated rings. The van der Waals surface area contributed by atoms with E-state index in [2.05, 4.69) is 34.7 Å². The minimum absolute atomic E-state index is 0.0830. The maximum Gasteiger partial charge on any atom is 0.305 e. The minimum atomic E-state index is -0.0830. The van der Waals surface area contributed by atoms with Crippen molar-refractivity contribution in [3.8, 4) is 0 Å². The van der Waals surface area contributed by atoms with Crippen molar-refractivity contribution in [1.29, 1.82) is 0 Å². The first-order chi connectivity index (χ1) is 5.81. The fourth-order valence-electron chi connectivity index (χ4n) is 0.778. The standard InChI is InChI=1S/C9H15IO2/c1-2-12-9(11)7-5-3-4-6-8-10/h4,6H,2-3,5,7-8H2,1H3/b6-4+. The van der Waals surface area contributed by atoms with Gasteiger partial charge in [-0.05, 0) is 19.8 Å². The molecule has 0 bridgehead atoms. The molecule has 0 aliphatic carbocycles. The van der Waals surface area contributed by atoms with Gasteiger partial charge in [-0.25, -0.2) is 0 Å². The Morgan fingerprint density at radius 2 is 2.25 bits per heavy atom. The van der Waals surface area contributed by atoms with E-state index in [1.807, 2.05) is 6.92 Å². The highest BCUT2D eigenvalue weighted by molar-refractivity contribution is 14.1. The van der Waals surface area contributed by atoms with Crippen molar-refractivity contribution in [1.82, 2.24) is 0 Å². The highest BCUT2D eigenvalue weighted by Crippen LogP contribution is 1.99. The average molecular weight is 282 g/mol. The van der Waals surface area contributed by atoms with Crippen LogP contribution in [0.4, 0.5) is 0 Å². The van der Waals surface area contributed by atoms with E-state index in [1.165, 1.54) is 0 Å². The molecule has 0 aliphatic heterocycles. The lowest BCUT2D eigenvalue weighted by Gasteiger charge is -1.98. The number of hydrogen-bond acceptors (Lipinski definition) is 2. The minimum Gasteiger partial charge on any atom is -0.466 e. The fourth-order valence-corrected chi connectivity index (χ4v) is 1.14. The molecule has 0 saturated carbocycles. The first-order valence-electron chi connectivity index (χ1n) is 4.17. The number of allylic oxidation sites excluding steroid dienone is 2. The maximum absolute atomic E-state index is 10.8. The Morgan fingerprint density at radius 3 is 2.83 bits per heavy atom. The van der Waals surface area contributed by atoms with Gasteiger partial charge in [0.15, 0.2) is 0 Å². The molecule has 0 aliphatic rings. The molecule has 0 atom stereocenters. The maximum atomic E-state index is 10.8. The van der Waals surface area contributed by atoms with Crippen LogP contribution in [0.2, 0.25) is 0 Å². The molecule has 0 spiro atoms. The molecule has 0 radical (unpaired) electrons. The number of carbonyl (C=O) groups is 1. The summed E-state index contributed by atoms with van der Waals surface area (Å²) in [5.74, 6) is -0.0830. The molecule has 0 unspecified atom stereocenters. The van der Waals surface area contributed by atoms with Crippen molar-refractivity contribution in [2.24, 2.45) is 0 Å². The van der Waals surface area contributed by atoms with Crippen molar-refractivity contribution in [2.75, 3.05) is 11.0 Å². The highest BCUT2D eigenvalue weighted by Gasteiger charge is 1.98. The Bertz CT molecular complexity index is 143. The Balaban J connectivity index is 3.19. The van der Waals surface area contributed by atoms with E-state index in [0.29, 0.717) is 13.0 Å². The van der Waals surface area contributed by atoms with Gasteiger partial charge >= 0.3 is 5.97 Å². The molecule has 2 nitrogen and oxygen atoms in total. The number of hydrogen-bond donors (Lipinski definition) is 0. The topological polar surface area (TPSA) is 26.3 Å². The molecule has 0 rings (SSSR count). The van der Waals surface area contributed by atoms with Crippen LogP contribution in [0.15, 0.2) is 12.2 Å². The van der Waals surface area contributed by atoms with Crippen molar-refractivity contribution < 1.29 is 9.53 Å². The summed E-state index contributed by atoms with van der Waals surface area (Å²) in [6.45, 7) is 2.32. The molecule has 0 amide bonds. The van der Waals surface area contributed by atoms with Crippen molar-refractivity contribution >= 4 is 28.6 Å². The van der Waals surface area contributed by atoms with Crippen LogP contribution < -0.4 is 0 Å². The number of rotatable bonds is 6. The summed E-state index contributed by atoms with van der Waals surface area (Å²) in [6, 6.07) is 0. The number of carbonyl (C=O) groups excluding carboxylic acids is 1. The predicted octanol–water partition coefficient (Wildman–Crippen LogP) is 2.71. The number of esters is 1. The third kappa shape index (κ3) is 8.04. The number of alkyl halides is 1. The van der Waals surface area contributed by atoms with E-state index in [4.69, 9.17) is 4.74 Å². The molecule has 0 saturated heterocycles. The molecular formula is C9H15IO2. The average Bonchev–Trinajstić information content (AvgIpc) is 2.05. The number of ether oxygens (including phenoxy) is 1. The number of unbranched alkanes of at least 4 members (excludes halogenated alkanes) is 1. The van der Waals surface area contributed by atoms with Crippen LogP contribution in [0.3, 0.4) is 0 Å². The molecule has 3 heteroatoms. The summed E-state index contributed by atoms with van der Waals surface area (Å²) in [5, 5.41) is 0. The molecular weight excluding hydrogens is 267 g/mol. The zero-order valence-corrected chi connectivity index (χ0v) is 9.54. The van der Waals surface area contributed by atoms with Gasteiger partial charge in [0.2, 0.25) is 0 Å². The molecule has 70 valence electrons. The summed E-state index contributed by atoms with van der Waals surface area (Å²) in [6.07, 6.45) is 6.62. The van der Waals surface area contributed by atoms with Gasteiger partial charge in [-0.2, -0.15) is 0 Å². The van der Waals surface area contributed by atoms with Gasteiger partial charge < -0.3 is 4.74 Å². The van der Waals surface area contributed by atoms with Crippen LogP contribution in [-0.2, 0) is 9.53 Å². The Labute approximate surface area is 87.5 Å². The van der Waals surface area contributed by atoms with Gasteiger partial charge in [-0.3, -0.25) is 4.79 Å². The quantitative estimate of drug-likeness (QED) is 0.246. The third-order valence-electron chi connectivity index (χ3n) is 1.31. The van der Waals surface area contributed by atoms with Crippen LogP contribution in [0.5, 0.6) is 0 Å². The summed E-state index contributed by atoms with van der Waals surface area (Å²) in [7, 11) is 0. The van der Waals surface area contributed by atoms with Crippen LogP contribution in [-0.4, -0.2) is 17.0 Å². The molecule has 12 heavy (non-hydrogen) atoms. The fraction of sp³-hybridized carbons (Fsp3) is 0.667. The molecule has 0 aromatic carbocycles.